The number of primary amides is 1. The number of likely N-dealkylation sites (tertiary alicyclic amines) is 1. The van der Waals surface area contributed by atoms with Gasteiger partial charge in [0.05, 0.1) is 25.6 Å². The lowest BCUT2D eigenvalue weighted by Crippen LogP contribution is -2.45. The summed E-state index contributed by atoms with van der Waals surface area (Å²) in [6.07, 6.45) is 1.67. The molecule has 6 nitrogen and oxygen atoms in total. The minimum Gasteiger partial charge on any atom is -0.497 e. The molecule has 1 saturated heterocycles. The SMILES string of the molecule is COc1cccc(C2CCCN2C(=O)C(N)CC(N)=O)c1. The predicted octanol–water partition coefficient (Wildman–Crippen LogP) is 0.561. The molecule has 0 saturated carbocycles. The molecule has 2 amide bonds. The van der Waals surface area contributed by atoms with Crippen LogP contribution in [-0.4, -0.2) is 36.4 Å². The monoisotopic (exact) mass is 291 g/mol. The Labute approximate surface area is 124 Å². The summed E-state index contributed by atoms with van der Waals surface area (Å²) in [5.74, 6) is -0.0275. The van der Waals surface area contributed by atoms with Gasteiger partial charge >= 0.3 is 0 Å². The van der Waals surface area contributed by atoms with E-state index in [1.54, 1.807) is 12.0 Å². The molecule has 0 aromatic heterocycles. The molecule has 0 spiro atoms. The Morgan fingerprint density at radius 3 is 2.90 bits per heavy atom. The number of hydrogen-bond acceptors (Lipinski definition) is 4. The van der Waals surface area contributed by atoms with E-state index < -0.39 is 11.9 Å². The molecule has 1 aliphatic rings. The molecule has 2 atom stereocenters. The van der Waals surface area contributed by atoms with Gasteiger partial charge in [0, 0.05) is 6.54 Å². The number of methoxy groups -OCH3 is 1. The summed E-state index contributed by atoms with van der Waals surface area (Å²) in [6.45, 7) is 0.646. The van der Waals surface area contributed by atoms with E-state index in [2.05, 4.69) is 0 Å². The number of nitrogens with two attached hydrogens (primary N) is 2. The van der Waals surface area contributed by atoms with Crippen molar-refractivity contribution >= 4 is 11.8 Å². The molecule has 1 heterocycles. The van der Waals surface area contributed by atoms with E-state index in [-0.39, 0.29) is 18.4 Å². The zero-order valence-electron chi connectivity index (χ0n) is 12.1. The highest BCUT2D eigenvalue weighted by Gasteiger charge is 2.33. The topological polar surface area (TPSA) is 98.7 Å². The molecule has 6 heteroatoms. The molecular formula is C15H21N3O3. The quantitative estimate of drug-likeness (QED) is 0.828. The Hall–Kier alpha value is -2.08. The third-order valence-corrected chi connectivity index (χ3v) is 3.75. The van der Waals surface area contributed by atoms with Crippen LogP contribution in [0.25, 0.3) is 0 Å². The third-order valence-electron chi connectivity index (χ3n) is 3.75. The first-order valence-electron chi connectivity index (χ1n) is 7.01. The van der Waals surface area contributed by atoms with Gasteiger partial charge in [-0.1, -0.05) is 12.1 Å². The Balaban J connectivity index is 2.16. The van der Waals surface area contributed by atoms with Crippen LogP contribution in [0.2, 0.25) is 0 Å². The Bertz CT molecular complexity index is 533. The Morgan fingerprint density at radius 1 is 1.48 bits per heavy atom. The fourth-order valence-corrected chi connectivity index (χ4v) is 2.74. The van der Waals surface area contributed by atoms with Crippen molar-refractivity contribution in [3.05, 3.63) is 29.8 Å². The largest absolute Gasteiger partial charge is 0.497 e. The standard InChI is InChI=1S/C15H21N3O3/c1-21-11-5-2-4-10(8-11)13-6-3-7-18(13)15(20)12(16)9-14(17)19/h2,4-5,8,12-13H,3,6-7,9,16H2,1H3,(H2,17,19). The van der Waals surface area contributed by atoms with Crippen molar-refractivity contribution in [2.45, 2.75) is 31.3 Å². The van der Waals surface area contributed by atoms with Crippen molar-refractivity contribution in [1.82, 2.24) is 4.90 Å². The summed E-state index contributed by atoms with van der Waals surface area (Å²) in [5.41, 5.74) is 11.9. The highest BCUT2D eigenvalue weighted by molar-refractivity contribution is 5.88. The zero-order valence-corrected chi connectivity index (χ0v) is 12.1. The van der Waals surface area contributed by atoms with E-state index >= 15 is 0 Å². The number of hydrogen-bond donors (Lipinski definition) is 2. The molecule has 4 N–H and O–H groups in total. The highest BCUT2D eigenvalue weighted by Crippen LogP contribution is 2.33. The van der Waals surface area contributed by atoms with Crippen LogP contribution in [0, 0.1) is 0 Å². The minimum absolute atomic E-state index is 0.0217. The van der Waals surface area contributed by atoms with Gasteiger partial charge in [-0.25, -0.2) is 0 Å². The van der Waals surface area contributed by atoms with E-state index in [1.807, 2.05) is 24.3 Å². The van der Waals surface area contributed by atoms with Gasteiger partial charge in [0.1, 0.15) is 5.75 Å². The number of ether oxygens (including phenoxy) is 1. The first-order chi connectivity index (χ1) is 10.0. The molecule has 0 bridgehead atoms. The second-order valence-electron chi connectivity index (χ2n) is 5.24. The average Bonchev–Trinajstić information content (AvgIpc) is 2.95. The minimum atomic E-state index is -0.867. The second-order valence-corrected chi connectivity index (χ2v) is 5.24. The molecule has 1 aromatic rings. The smallest absolute Gasteiger partial charge is 0.240 e. The van der Waals surface area contributed by atoms with Crippen molar-refractivity contribution in [3.8, 4) is 5.75 Å². The molecule has 1 fully saturated rings. The van der Waals surface area contributed by atoms with Crippen molar-refractivity contribution in [1.29, 1.82) is 0 Å². The summed E-state index contributed by atoms with van der Waals surface area (Å²) in [6, 6.07) is 6.77. The van der Waals surface area contributed by atoms with Crippen molar-refractivity contribution in [3.63, 3.8) is 0 Å². The number of amides is 2. The molecule has 1 aliphatic heterocycles. The lowest BCUT2D eigenvalue weighted by Gasteiger charge is -2.27. The number of carbonyl (C=O) groups excluding carboxylic acids is 2. The number of rotatable bonds is 5. The predicted molar refractivity (Wildman–Crippen MR) is 78.5 cm³/mol. The van der Waals surface area contributed by atoms with Crippen LogP contribution in [0.4, 0.5) is 0 Å². The molecular weight excluding hydrogens is 270 g/mol. The van der Waals surface area contributed by atoms with Gasteiger partial charge in [0.15, 0.2) is 0 Å². The van der Waals surface area contributed by atoms with Crippen LogP contribution < -0.4 is 16.2 Å². The maximum absolute atomic E-state index is 12.4. The zero-order chi connectivity index (χ0) is 15.4. The third kappa shape index (κ3) is 3.52. The number of carbonyl (C=O) groups is 2. The van der Waals surface area contributed by atoms with Crippen LogP contribution in [0.1, 0.15) is 30.9 Å². The lowest BCUT2D eigenvalue weighted by molar-refractivity contribution is -0.135. The van der Waals surface area contributed by atoms with Gasteiger partial charge in [0.25, 0.3) is 0 Å². The van der Waals surface area contributed by atoms with Crippen LogP contribution in [-0.2, 0) is 9.59 Å². The highest BCUT2D eigenvalue weighted by atomic mass is 16.5. The van der Waals surface area contributed by atoms with Gasteiger partial charge in [-0.2, -0.15) is 0 Å². The summed E-state index contributed by atoms with van der Waals surface area (Å²) >= 11 is 0. The van der Waals surface area contributed by atoms with Crippen molar-refractivity contribution < 1.29 is 14.3 Å². The normalized spacial score (nSPS) is 19.3. The first kappa shape index (κ1) is 15.3. The van der Waals surface area contributed by atoms with Crippen LogP contribution in [0.5, 0.6) is 5.75 Å². The number of benzene rings is 1. The fraction of sp³-hybridized carbons (Fsp3) is 0.467. The second kappa shape index (κ2) is 6.58. The van der Waals surface area contributed by atoms with E-state index in [0.717, 1.165) is 24.2 Å². The fourth-order valence-electron chi connectivity index (χ4n) is 2.74. The summed E-state index contributed by atoms with van der Waals surface area (Å²) in [4.78, 5) is 25.0. The number of nitrogens with zero attached hydrogens (tertiary/aromatic N) is 1. The van der Waals surface area contributed by atoms with Crippen LogP contribution >= 0.6 is 0 Å². The molecule has 21 heavy (non-hydrogen) atoms. The van der Waals surface area contributed by atoms with E-state index in [1.165, 1.54) is 0 Å². The molecule has 2 unspecified atom stereocenters. The van der Waals surface area contributed by atoms with Crippen LogP contribution in [0.15, 0.2) is 24.3 Å². The lowest BCUT2D eigenvalue weighted by atomic mass is 10.0. The Kier molecular flexibility index (Phi) is 4.80. The van der Waals surface area contributed by atoms with Crippen molar-refractivity contribution in [2.24, 2.45) is 11.5 Å². The van der Waals surface area contributed by atoms with E-state index in [9.17, 15) is 9.59 Å². The molecule has 2 rings (SSSR count). The summed E-state index contributed by atoms with van der Waals surface area (Å²) in [7, 11) is 1.61. The summed E-state index contributed by atoms with van der Waals surface area (Å²) in [5, 5.41) is 0. The molecule has 0 radical (unpaired) electrons. The molecule has 114 valence electrons. The maximum atomic E-state index is 12.4. The van der Waals surface area contributed by atoms with Gasteiger partial charge in [-0.3, -0.25) is 9.59 Å². The Morgan fingerprint density at radius 2 is 2.24 bits per heavy atom. The average molecular weight is 291 g/mol. The van der Waals surface area contributed by atoms with Gasteiger partial charge in [-0.15, -0.1) is 0 Å². The maximum Gasteiger partial charge on any atom is 0.240 e. The molecule has 1 aromatic carbocycles. The first-order valence-corrected chi connectivity index (χ1v) is 7.01. The van der Waals surface area contributed by atoms with Gasteiger partial charge < -0.3 is 21.1 Å². The molecule has 0 aliphatic carbocycles. The van der Waals surface area contributed by atoms with Gasteiger partial charge in [0.2, 0.25) is 11.8 Å². The van der Waals surface area contributed by atoms with Crippen molar-refractivity contribution in [2.75, 3.05) is 13.7 Å². The van der Waals surface area contributed by atoms with Crippen LogP contribution in [0.3, 0.4) is 0 Å². The van der Waals surface area contributed by atoms with Gasteiger partial charge in [-0.05, 0) is 30.5 Å². The summed E-state index contributed by atoms with van der Waals surface area (Å²) < 4.78 is 5.22. The van der Waals surface area contributed by atoms with E-state index in [0.29, 0.717) is 6.54 Å². The van der Waals surface area contributed by atoms with E-state index in [4.69, 9.17) is 16.2 Å².